The Bertz CT molecular complexity index is 536. The molecule has 0 aliphatic carbocycles. The van der Waals surface area contributed by atoms with Crippen molar-refractivity contribution in [3.63, 3.8) is 0 Å². The Labute approximate surface area is 114 Å². The summed E-state index contributed by atoms with van der Waals surface area (Å²) in [5, 5.41) is 0. The summed E-state index contributed by atoms with van der Waals surface area (Å²) in [6, 6.07) is 19.0. The van der Waals surface area contributed by atoms with Crippen LogP contribution in [0, 0.1) is 0 Å². The van der Waals surface area contributed by atoms with Gasteiger partial charge < -0.3 is 5.73 Å². The zero-order chi connectivity index (χ0) is 13.1. The van der Waals surface area contributed by atoms with Crippen molar-refractivity contribution in [1.29, 1.82) is 0 Å². The molecule has 3 rings (SSSR count). The van der Waals surface area contributed by atoms with Gasteiger partial charge in [-0.2, -0.15) is 0 Å². The first kappa shape index (κ1) is 12.2. The highest BCUT2D eigenvalue weighted by Gasteiger charge is 2.23. The molecule has 98 valence electrons. The summed E-state index contributed by atoms with van der Waals surface area (Å²) in [5.41, 5.74) is 9.53. The molecule has 2 aromatic rings. The van der Waals surface area contributed by atoms with Gasteiger partial charge in [-0.3, -0.25) is 4.90 Å². The summed E-state index contributed by atoms with van der Waals surface area (Å²) in [6.07, 6.45) is 1.23. The molecular formula is C17H20N2. The van der Waals surface area contributed by atoms with Crippen LogP contribution in [0.15, 0.2) is 54.6 Å². The fourth-order valence-corrected chi connectivity index (χ4v) is 2.90. The molecule has 0 amide bonds. The zero-order valence-corrected chi connectivity index (χ0v) is 11.1. The highest BCUT2D eigenvalue weighted by atomic mass is 15.1. The number of nitrogens with two attached hydrogens (primary N) is 1. The average Bonchev–Trinajstić information content (AvgIpc) is 2.88. The molecule has 0 saturated carbocycles. The van der Waals surface area contributed by atoms with Crippen molar-refractivity contribution in [2.24, 2.45) is 0 Å². The van der Waals surface area contributed by atoms with Crippen molar-refractivity contribution < 1.29 is 0 Å². The second-order valence-electron chi connectivity index (χ2n) is 5.38. The van der Waals surface area contributed by atoms with Gasteiger partial charge >= 0.3 is 0 Å². The molecule has 19 heavy (non-hydrogen) atoms. The molecule has 0 aromatic heterocycles. The van der Waals surface area contributed by atoms with Crippen LogP contribution in [0.5, 0.6) is 0 Å². The Morgan fingerprint density at radius 2 is 1.89 bits per heavy atom. The molecule has 1 atom stereocenters. The van der Waals surface area contributed by atoms with Crippen LogP contribution >= 0.6 is 0 Å². The number of nitrogens with zero attached hydrogens (tertiary/aromatic N) is 1. The fraction of sp³-hybridized carbons (Fsp3) is 0.294. The van der Waals surface area contributed by atoms with Gasteiger partial charge in [0.1, 0.15) is 0 Å². The van der Waals surface area contributed by atoms with Crippen molar-refractivity contribution in [2.75, 3.05) is 18.8 Å². The lowest BCUT2D eigenvalue weighted by Crippen LogP contribution is -2.19. The van der Waals surface area contributed by atoms with Gasteiger partial charge in [0.2, 0.25) is 0 Å². The molecule has 1 unspecified atom stereocenters. The van der Waals surface area contributed by atoms with E-state index in [2.05, 4.69) is 53.4 Å². The average molecular weight is 252 g/mol. The van der Waals surface area contributed by atoms with Gasteiger partial charge in [0.05, 0.1) is 0 Å². The zero-order valence-electron chi connectivity index (χ0n) is 11.1. The van der Waals surface area contributed by atoms with E-state index in [0.717, 1.165) is 18.8 Å². The maximum absolute atomic E-state index is 5.87. The van der Waals surface area contributed by atoms with Gasteiger partial charge in [0.15, 0.2) is 0 Å². The number of hydrogen-bond acceptors (Lipinski definition) is 2. The van der Waals surface area contributed by atoms with Crippen molar-refractivity contribution in [1.82, 2.24) is 4.90 Å². The third-order valence-corrected chi connectivity index (χ3v) is 3.90. The molecule has 1 fully saturated rings. The quantitative estimate of drug-likeness (QED) is 0.850. The van der Waals surface area contributed by atoms with Crippen LogP contribution in [0.25, 0.3) is 0 Å². The van der Waals surface area contributed by atoms with E-state index < -0.39 is 0 Å². The summed E-state index contributed by atoms with van der Waals surface area (Å²) < 4.78 is 0. The van der Waals surface area contributed by atoms with E-state index in [-0.39, 0.29) is 0 Å². The predicted octanol–water partition coefficient (Wildman–Crippen LogP) is 3.26. The van der Waals surface area contributed by atoms with E-state index in [1.165, 1.54) is 24.1 Å². The van der Waals surface area contributed by atoms with Crippen LogP contribution in [0.3, 0.4) is 0 Å². The van der Waals surface area contributed by atoms with Crippen LogP contribution < -0.4 is 5.73 Å². The SMILES string of the molecule is Nc1cccc(C2CCN(Cc3ccccc3)C2)c1. The number of benzene rings is 2. The lowest BCUT2D eigenvalue weighted by Gasteiger charge is -2.16. The molecular weight excluding hydrogens is 232 g/mol. The van der Waals surface area contributed by atoms with E-state index in [4.69, 9.17) is 5.73 Å². The molecule has 1 aliphatic rings. The van der Waals surface area contributed by atoms with Crippen LogP contribution in [0.1, 0.15) is 23.5 Å². The van der Waals surface area contributed by atoms with Crippen LogP contribution in [0.2, 0.25) is 0 Å². The summed E-state index contributed by atoms with van der Waals surface area (Å²) in [7, 11) is 0. The Balaban J connectivity index is 1.64. The van der Waals surface area contributed by atoms with E-state index in [1.807, 2.05) is 6.07 Å². The molecule has 0 spiro atoms. The largest absolute Gasteiger partial charge is 0.399 e. The number of rotatable bonds is 3. The van der Waals surface area contributed by atoms with Gasteiger partial charge in [0, 0.05) is 18.8 Å². The Morgan fingerprint density at radius 3 is 2.68 bits per heavy atom. The van der Waals surface area contributed by atoms with Gasteiger partial charge in [0.25, 0.3) is 0 Å². The normalized spacial score (nSPS) is 19.7. The second-order valence-corrected chi connectivity index (χ2v) is 5.38. The van der Waals surface area contributed by atoms with Crippen molar-refractivity contribution in [3.05, 3.63) is 65.7 Å². The number of anilines is 1. The Kier molecular flexibility index (Phi) is 3.51. The first-order chi connectivity index (χ1) is 9.31. The number of likely N-dealkylation sites (tertiary alicyclic amines) is 1. The van der Waals surface area contributed by atoms with E-state index in [0.29, 0.717) is 5.92 Å². The molecule has 2 N–H and O–H groups in total. The summed E-state index contributed by atoms with van der Waals surface area (Å²) in [5.74, 6) is 0.632. The molecule has 1 aliphatic heterocycles. The number of hydrogen-bond donors (Lipinski definition) is 1. The maximum atomic E-state index is 5.87. The predicted molar refractivity (Wildman–Crippen MR) is 79.9 cm³/mol. The smallest absolute Gasteiger partial charge is 0.0316 e. The van der Waals surface area contributed by atoms with Gasteiger partial charge in [-0.1, -0.05) is 42.5 Å². The monoisotopic (exact) mass is 252 g/mol. The summed E-state index contributed by atoms with van der Waals surface area (Å²) in [6.45, 7) is 3.37. The van der Waals surface area contributed by atoms with Gasteiger partial charge in [-0.15, -0.1) is 0 Å². The third kappa shape index (κ3) is 2.96. The Hall–Kier alpha value is -1.80. The van der Waals surface area contributed by atoms with Crippen molar-refractivity contribution in [2.45, 2.75) is 18.9 Å². The van der Waals surface area contributed by atoms with Gasteiger partial charge in [-0.25, -0.2) is 0 Å². The van der Waals surface area contributed by atoms with E-state index >= 15 is 0 Å². The first-order valence-corrected chi connectivity index (χ1v) is 6.93. The topological polar surface area (TPSA) is 29.3 Å². The molecule has 2 heteroatoms. The highest BCUT2D eigenvalue weighted by Crippen LogP contribution is 2.28. The minimum Gasteiger partial charge on any atom is -0.399 e. The Morgan fingerprint density at radius 1 is 1.05 bits per heavy atom. The minimum atomic E-state index is 0.632. The van der Waals surface area contributed by atoms with Crippen LogP contribution in [-0.4, -0.2) is 18.0 Å². The number of nitrogen functional groups attached to an aromatic ring is 1. The lowest BCUT2D eigenvalue weighted by molar-refractivity contribution is 0.327. The van der Waals surface area contributed by atoms with E-state index in [9.17, 15) is 0 Å². The standard InChI is InChI=1S/C17H20N2/c18-17-8-4-7-15(11-17)16-9-10-19(13-16)12-14-5-2-1-3-6-14/h1-8,11,16H,9-10,12-13,18H2. The molecule has 1 saturated heterocycles. The molecule has 2 nitrogen and oxygen atoms in total. The van der Waals surface area contributed by atoms with Crippen molar-refractivity contribution >= 4 is 5.69 Å². The summed E-state index contributed by atoms with van der Waals surface area (Å²) >= 11 is 0. The lowest BCUT2D eigenvalue weighted by atomic mass is 9.98. The van der Waals surface area contributed by atoms with Crippen molar-refractivity contribution in [3.8, 4) is 0 Å². The van der Waals surface area contributed by atoms with Gasteiger partial charge in [-0.05, 0) is 42.1 Å². The second kappa shape index (κ2) is 5.45. The molecule has 0 radical (unpaired) electrons. The third-order valence-electron chi connectivity index (χ3n) is 3.90. The molecule has 1 heterocycles. The highest BCUT2D eigenvalue weighted by molar-refractivity contribution is 5.42. The maximum Gasteiger partial charge on any atom is 0.0316 e. The first-order valence-electron chi connectivity index (χ1n) is 6.93. The molecule has 0 bridgehead atoms. The minimum absolute atomic E-state index is 0.632. The van der Waals surface area contributed by atoms with E-state index in [1.54, 1.807) is 0 Å². The summed E-state index contributed by atoms with van der Waals surface area (Å²) in [4.78, 5) is 2.53. The van der Waals surface area contributed by atoms with Crippen LogP contribution in [-0.2, 0) is 6.54 Å². The van der Waals surface area contributed by atoms with Crippen LogP contribution in [0.4, 0.5) is 5.69 Å². The fourth-order valence-electron chi connectivity index (χ4n) is 2.90. The molecule has 2 aromatic carbocycles.